The molecule has 0 saturated carbocycles. The summed E-state index contributed by atoms with van der Waals surface area (Å²) in [5.41, 5.74) is 0.816. The number of β-amino-alcohol motifs (C(OH)–C–C–N with tert-alkyl or cyclic N) is 1. The summed E-state index contributed by atoms with van der Waals surface area (Å²) >= 11 is 0. The number of amides is 1. The molecule has 2 rings (SSSR count). The molecule has 14 heavy (non-hydrogen) atoms. The summed E-state index contributed by atoms with van der Waals surface area (Å²) in [5, 5.41) is 15.8. The van der Waals surface area contributed by atoms with Gasteiger partial charge in [-0.15, -0.1) is 0 Å². The normalized spacial score (nSPS) is 21.5. The van der Waals surface area contributed by atoms with Crippen LogP contribution in [-0.4, -0.2) is 45.3 Å². The van der Waals surface area contributed by atoms with Crippen molar-refractivity contribution >= 4 is 5.91 Å². The van der Waals surface area contributed by atoms with Crippen molar-refractivity contribution in [1.29, 1.82) is 0 Å². The molecular weight excluding hydrogens is 182 g/mol. The highest BCUT2D eigenvalue weighted by Gasteiger charge is 2.24. The van der Waals surface area contributed by atoms with E-state index in [0.717, 1.165) is 5.69 Å². The topological polar surface area (TPSA) is 69.2 Å². The van der Waals surface area contributed by atoms with Crippen molar-refractivity contribution in [3.05, 3.63) is 18.0 Å². The molecule has 5 heteroatoms. The number of hydrogen-bond acceptors (Lipinski definition) is 3. The summed E-state index contributed by atoms with van der Waals surface area (Å²) < 4.78 is 0. The van der Waals surface area contributed by atoms with Gasteiger partial charge in [0.05, 0.1) is 12.5 Å². The number of aliphatic hydroxyl groups is 1. The summed E-state index contributed by atoms with van der Waals surface area (Å²) in [6.07, 6.45) is 2.31. The van der Waals surface area contributed by atoms with Crippen LogP contribution in [0.25, 0.3) is 0 Å². The minimum absolute atomic E-state index is 0.0470. The van der Waals surface area contributed by atoms with Gasteiger partial charge in [0.2, 0.25) is 5.91 Å². The van der Waals surface area contributed by atoms with Crippen LogP contribution in [0.2, 0.25) is 0 Å². The number of hydrogen-bond donors (Lipinski definition) is 2. The maximum atomic E-state index is 11.6. The van der Waals surface area contributed by atoms with Gasteiger partial charge in [0.25, 0.3) is 0 Å². The van der Waals surface area contributed by atoms with Crippen molar-refractivity contribution in [3.63, 3.8) is 0 Å². The van der Waals surface area contributed by atoms with E-state index < -0.39 is 0 Å². The number of aromatic amines is 1. The van der Waals surface area contributed by atoms with Gasteiger partial charge in [0, 0.05) is 25.0 Å². The second-order valence-corrected chi connectivity index (χ2v) is 3.54. The zero-order valence-electron chi connectivity index (χ0n) is 7.81. The highest BCUT2D eigenvalue weighted by molar-refractivity contribution is 5.78. The van der Waals surface area contributed by atoms with Crippen LogP contribution in [-0.2, 0) is 11.2 Å². The molecule has 1 fully saturated rings. The molecule has 5 nitrogen and oxygen atoms in total. The molecular formula is C9H13N3O2. The molecule has 1 saturated heterocycles. The fourth-order valence-corrected chi connectivity index (χ4v) is 1.63. The van der Waals surface area contributed by atoms with Gasteiger partial charge in [0.1, 0.15) is 0 Å². The van der Waals surface area contributed by atoms with E-state index >= 15 is 0 Å². The lowest BCUT2D eigenvalue weighted by Gasteiger charge is -2.14. The Morgan fingerprint density at radius 1 is 1.79 bits per heavy atom. The van der Waals surface area contributed by atoms with Crippen LogP contribution < -0.4 is 0 Å². The van der Waals surface area contributed by atoms with E-state index in [9.17, 15) is 9.90 Å². The maximum absolute atomic E-state index is 11.6. The Bertz CT molecular complexity index is 310. The van der Waals surface area contributed by atoms with Crippen molar-refractivity contribution in [1.82, 2.24) is 15.1 Å². The first kappa shape index (κ1) is 9.21. The lowest BCUT2D eigenvalue weighted by Crippen LogP contribution is -2.30. The SMILES string of the molecule is O=C(Cc1ccn[nH]1)N1CC[C@H](O)C1. The number of nitrogens with zero attached hydrogens (tertiary/aromatic N) is 2. The molecule has 0 bridgehead atoms. The predicted molar refractivity (Wildman–Crippen MR) is 49.5 cm³/mol. The summed E-state index contributed by atoms with van der Waals surface area (Å²) in [4.78, 5) is 13.3. The molecule has 2 heterocycles. The average molecular weight is 195 g/mol. The largest absolute Gasteiger partial charge is 0.391 e. The number of aliphatic hydroxyl groups excluding tert-OH is 1. The first-order valence-corrected chi connectivity index (χ1v) is 4.70. The van der Waals surface area contributed by atoms with Gasteiger partial charge in [0.15, 0.2) is 0 Å². The lowest BCUT2D eigenvalue weighted by atomic mass is 10.3. The smallest absolute Gasteiger partial charge is 0.228 e. The van der Waals surface area contributed by atoms with Gasteiger partial charge >= 0.3 is 0 Å². The number of carbonyl (C=O) groups excluding carboxylic acids is 1. The molecule has 1 aromatic heterocycles. The molecule has 0 unspecified atom stereocenters. The van der Waals surface area contributed by atoms with E-state index in [1.54, 1.807) is 17.2 Å². The molecule has 1 aromatic rings. The van der Waals surface area contributed by atoms with Crippen LogP contribution in [0.4, 0.5) is 0 Å². The van der Waals surface area contributed by atoms with Gasteiger partial charge < -0.3 is 10.0 Å². The molecule has 1 amide bonds. The Balaban J connectivity index is 1.90. The van der Waals surface area contributed by atoms with Crippen LogP contribution in [0, 0.1) is 0 Å². The lowest BCUT2D eigenvalue weighted by molar-refractivity contribution is -0.129. The molecule has 1 atom stereocenters. The maximum Gasteiger partial charge on any atom is 0.228 e. The van der Waals surface area contributed by atoms with Crippen molar-refractivity contribution in [3.8, 4) is 0 Å². The van der Waals surface area contributed by atoms with Crippen molar-refractivity contribution in [2.45, 2.75) is 18.9 Å². The second-order valence-electron chi connectivity index (χ2n) is 3.54. The van der Waals surface area contributed by atoms with E-state index in [0.29, 0.717) is 25.9 Å². The van der Waals surface area contributed by atoms with Crippen LogP contribution in [0.1, 0.15) is 12.1 Å². The highest BCUT2D eigenvalue weighted by Crippen LogP contribution is 2.10. The summed E-state index contributed by atoms with van der Waals surface area (Å²) in [6, 6.07) is 1.78. The zero-order chi connectivity index (χ0) is 9.97. The second kappa shape index (κ2) is 3.79. The molecule has 0 radical (unpaired) electrons. The fourth-order valence-electron chi connectivity index (χ4n) is 1.63. The summed E-state index contributed by atoms with van der Waals surface area (Å²) in [5.74, 6) is 0.0470. The van der Waals surface area contributed by atoms with E-state index in [4.69, 9.17) is 0 Å². The number of rotatable bonds is 2. The summed E-state index contributed by atoms with van der Waals surface area (Å²) in [7, 11) is 0. The van der Waals surface area contributed by atoms with Crippen LogP contribution in [0.3, 0.4) is 0 Å². The number of nitrogens with one attached hydrogen (secondary N) is 1. The number of likely N-dealkylation sites (tertiary alicyclic amines) is 1. The first-order chi connectivity index (χ1) is 6.75. The standard InChI is InChI=1S/C9H13N3O2/c13-8-2-4-12(6-8)9(14)5-7-1-3-10-11-7/h1,3,8,13H,2,4-6H2,(H,10,11)/t8-/m0/s1. The molecule has 1 aliphatic heterocycles. The minimum atomic E-state index is -0.347. The van der Waals surface area contributed by atoms with E-state index in [2.05, 4.69) is 10.2 Å². The highest BCUT2D eigenvalue weighted by atomic mass is 16.3. The molecule has 0 aliphatic carbocycles. The fraction of sp³-hybridized carbons (Fsp3) is 0.556. The van der Waals surface area contributed by atoms with Crippen molar-refractivity contribution < 1.29 is 9.90 Å². The quantitative estimate of drug-likeness (QED) is 0.671. The van der Waals surface area contributed by atoms with Crippen molar-refractivity contribution in [2.24, 2.45) is 0 Å². The Morgan fingerprint density at radius 2 is 2.64 bits per heavy atom. The molecule has 0 spiro atoms. The Hall–Kier alpha value is -1.36. The van der Waals surface area contributed by atoms with Crippen LogP contribution >= 0.6 is 0 Å². The Kier molecular flexibility index (Phi) is 2.49. The summed E-state index contributed by atoms with van der Waals surface area (Å²) in [6.45, 7) is 1.13. The molecule has 76 valence electrons. The van der Waals surface area contributed by atoms with Crippen LogP contribution in [0.15, 0.2) is 12.3 Å². The predicted octanol–water partition coefficient (Wildman–Crippen LogP) is -0.455. The third-order valence-electron chi connectivity index (χ3n) is 2.42. The molecule has 0 aromatic carbocycles. The van der Waals surface area contributed by atoms with Gasteiger partial charge in [-0.25, -0.2) is 0 Å². The van der Waals surface area contributed by atoms with Gasteiger partial charge in [-0.1, -0.05) is 0 Å². The zero-order valence-corrected chi connectivity index (χ0v) is 7.81. The van der Waals surface area contributed by atoms with Gasteiger partial charge in [-0.3, -0.25) is 9.89 Å². The number of carbonyl (C=O) groups is 1. The van der Waals surface area contributed by atoms with Gasteiger partial charge in [-0.2, -0.15) is 5.10 Å². The number of aromatic nitrogens is 2. The number of H-pyrrole nitrogens is 1. The third kappa shape index (κ3) is 1.93. The third-order valence-corrected chi connectivity index (χ3v) is 2.42. The molecule has 1 aliphatic rings. The van der Waals surface area contributed by atoms with Crippen LogP contribution in [0.5, 0.6) is 0 Å². The van der Waals surface area contributed by atoms with E-state index in [1.807, 2.05) is 0 Å². The monoisotopic (exact) mass is 195 g/mol. The minimum Gasteiger partial charge on any atom is -0.391 e. The Labute approximate surface area is 81.7 Å². The van der Waals surface area contributed by atoms with E-state index in [-0.39, 0.29) is 12.0 Å². The van der Waals surface area contributed by atoms with E-state index in [1.165, 1.54) is 0 Å². The van der Waals surface area contributed by atoms with Crippen molar-refractivity contribution in [2.75, 3.05) is 13.1 Å². The Morgan fingerprint density at radius 3 is 3.21 bits per heavy atom. The van der Waals surface area contributed by atoms with Gasteiger partial charge in [-0.05, 0) is 12.5 Å². The average Bonchev–Trinajstić information content (AvgIpc) is 2.75. The molecule has 2 N–H and O–H groups in total. The first-order valence-electron chi connectivity index (χ1n) is 4.70.